The molecule has 1 aromatic heterocycles. The Morgan fingerprint density at radius 3 is 3.14 bits per heavy atom. The van der Waals surface area contributed by atoms with Crippen LogP contribution in [0.2, 0.25) is 0 Å². The molecule has 0 saturated heterocycles. The minimum Gasteiger partial charge on any atom is -0.486 e. The zero-order chi connectivity index (χ0) is 14.8. The van der Waals surface area contributed by atoms with Crippen LogP contribution >= 0.6 is 0 Å². The molecule has 0 saturated carbocycles. The minimum atomic E-state index is -0.353. The normalized spacial score (nSPS) is 16.3. The van der Waals surface area contributed by atoms with Crippen molar-refractivity contribution in [2.24, 2.45) is 0 Å². The number of nitrogens with zero attached hydrogens (tertiary/aromatic N) is 2. The van der Waals surface area contributed by atoms with Gasteiger partial charge in [0.25, 0.3) is 0 Å². The van der Waals surface area contributed by atoms with Crippen LogP contribution in [0.5, 0.6) is 5.75 Å². The Hall–Kier alpha value is -2.50. The third-order valence-electron chi connectivity index (χ3n) is 3.34. The van der Waals surface area contributed by atoms with Gasteiger partial charge in [0, 0.05) is 12.6 Å². The Morgan fingerprint density at radius 2 is 2.38 bits per heavy atom. The van der Waals surface area contributed by atoms with Crippen molar-refractivity contribution in [1.29, 1.82) is 0 Å². The third kappa shape index (κ3) is 3.16. The number of hydrogen-bond donors (Lipinski definition) is 1. The monoisotopic (exact) mass is 287 g/mol. The van der Waals surface area contributed by atoms with E-state index in [1.165, 1.54) is 10.2 Å². The molecule has 2 heterocycles. The molecule has 6 nitrogen and oxygen atoms in total. The van der Waals surface area contributed by atoms with Gasteiger partial charge in [-0.15, -0.1) is 0 Å². The number of nitrogens with two attached hydrogens (primary N) is 1. The largest absolute Gasteiger partial charge is 0.486 e. The van der Waals surface area contributed by atoms with Crippen LogP contribution in [0.1, 0.15) is 11.1 Å². The van der Waals surface area contributed by atoms with Gasteiger partial charge in [0.1, 0.15) is 30.8 Å². The molecule has 1 aliphatic heterocycles. The van der Waals surface area contributed by atoms with Crippen molar-refractivity contribution in [3.8, 4) is 5.75 Å². The first-order chi connectivity index (χ1) is 10.1. The fourth-order valence-electron chi connectivity index (χ4n) is 2.37. The lowest BCUT2D eigenvalue weighted by Crippen LogP contribution is -2.24. The Kier molecular flexibility index (Phi) is 3.51. The molecule has 1 atom stereocenters. The standard InChI is InChI=1S/C15H17N3O3/c1-10-2-3-13-11(6-10)7-12(21-13)9-20-15(19)8-18-5-4-14(16)17-18/h2-6,12H,7-9H2,1H3,(H2,16,17). The van der Waals surface area contributed by atoms with Crippen LogP contribution in [0.15, 0.2) is 30.5 Å². The number of hydrogen-bond acceptors (Lipinski definition) is 5. The molecule has 3 rings (SSSR count). The van der Waals surface area contributed by atoms with Gasteiger partial charge in [0.2, 0.25) is 0 Å². The molecule has 6 heteroatoms. The molecule has 0 bridgehead atoms. The van der Waals surface area contributed by atoms with E-state index in [9.17, 15) is 4.79 Å². The van der Waals surface area contributed by atoms with Gasteiger partial charge in [-0.25, -0.2) is 0 Å². The number of nitrogen functional groups attached to an aromatic ring is 1. The fourth-order valence-corrected chi connectivity index (χ4v) is 2.37. The van der Waals surface area contributed by atoms with E-state index in [2.05, 4.69) is 11.2 Å². The number of fused-ring (bicyclic) bond motifs is 1. The van der Waals surface area contributed by atoms with Gasteiger partial charge in [-0.05, 0) is 24.6 Å². The molecule has 0 aliphatic carbocycles. The van der Waals surface area contributed by atoms with E-state index in [-0.39, 0.29) is 25.2 Å². The molecule has 0 spiro atoms. The van der Waals surface area contributed by atoms with E-state index in [0.29, 0.717) is 5.82 Å². The maximum absolute atomic E-state index is 11.7. The summed E-state index contributed by atoms with van der Waals surface area (Å²) in [5.41, 5.74) is 7.85. The predicted molar refractivity (Wildman–Crippen MR) is 76.9 cm³/mol. The number of esters is 1. The van der Waals surface area contributed by atoms with Crippen LogP contribution in [-0.2, 0) is 22.5 Å². The highest BCUT2D eigenvalue weighted by atomic mass is 16.6. The van der Waals surface area contributed by atoms with Gasteiger partial charge in [-0.2, -0.15) is 5.10 Å². The van der Waals surface area contributed by atoms with E-state index in [0.717, 1.165) is 17.7 Å². The van der Waals surface area contributed by atoms with E-state index < -0.39 is 0 Å². The summed E-state index contributed by atoms with van der Waals surface area (Å²) in [6.45, 7) is 2.34. The Bertz CT molecular complexity index is 666. The van der Waals surface area contributed by atoms with Gasteiger partial charge < -0.3 is 15.2 Å². The van der Waals surface area contributed by atoms with Gasteiger partial charge in [0.15, 0.2) is 0 Å². The maximum atomic E-state index is 11.7. The van der Waals surface area contributed by atoms with E-state index in [1.807, 2.05) is 19.1 Å². The number of aryl methyl sites for hydroxylation is 1. The second kappa shape index (κ2) is 5.47. The van der Waals surface area contributed by atoms with Crippen LogP contribution < -0.4 is 10.5 Å². The van der Waals surface area contributed by atoms with Gasteiger partial charge >= 0.3 is 5.97 Å². The molecule has 21 heavy (non-hydrogen) atoms. The molecule has 1 unspecified atom stereocenters. The summed E-state index contributed by atoms with van der Waals surface area (Å²) in [5, 5.41) is 3.93. The van der Waals surface area contributed by atoms with Crippen molar-refractivity contribution in [3.63, 3.8) is 0 Å². The lowest BCUT2D eigenvalue weighted by atomic mass is 10.1. The van der Waals surface area contributed by atoms with Crippen molar-refractivity contribution >= 4 is 11.8 Å². The lowest BCUT2D eigenvalue weighted by Gasteiger charge is -2.11. The van der Waals surface area contributed by atoms with Gasteiger partial charge in [-0.1, -0.05) is 17.7 Å². The highest BCUT2D eigenvalue weighted by molar-refractivity contribution is 5.69. The van der Waals surface area contributed by atoms with E-state index in [1.54, 1.807) is 12.3 Å². The van der Waals surface area contributed by atoms with Gasteiger partial charge in [0.05, 0.1) is 0 Å². The molecule has 2 aromatic rings. The van der Waals surface area contributed by atoms with Crippen LogP contribution in [-0.4, -0.2) is 28.5 Å². The molecule has 1 aromatic carbocycles. The summed E-state index contributed by atoms with van der Waals surface area (Å²) in [4.78, 5) is 11.7. The first-order valence-corrected chi connectivity index (χ1v) is 6.81. The zero-order valence-corrected chi connectivity index (χ0v) is 11.8. The summed E-state index contributed by atoms with van der Waals surface area (Å²) in [6, 6.07) is 7.70. The summed E-state index contributed by atoms with van der Waals surface area (Å²) < 4.78 is 12.4. The Morgan fingerprint density at radius 1 is 1.52 bits per heavy atom. The Labute approximate surface area is 122 Å². The summed E-state index contributed by atoms with van der Waals surface area (Å²) >= 11 is 0. The first kappa shape index (κ1) is 13.5. The second-order valence-corrected chi connectivity index (χ2v) is 5.18. The highest BCUT2D eigenvalue weighted by Crippen LogP contribution is 2.29. The van der Waals surface area contributed by atoms with Crippen molar-refractivity contribution < 1.29 is 14.3 Å². The molecule has 0 amide bonds. The average molecular weight is 287 g/mol. The SMILES string of the molecule is Cc1ccc2c(c1)CC(COC(=O)Cn1ccc(N)n1)O2. The quantitative estimate of drug-likeness (QED) is 0.858. The number of carbonyl (C=O) groups excluding carboxylic acids is 1. The smallest absolute Gasteiger partial charge is 0.327 e. The van der Waals surface area contributed by atoms with E-state index >= 15 is 0 Å². The lowest BCUT2D eigenvalue weighted by molar-refractivity contribution is -0.146. The van der Waals surface area contributed by atoms with Crippen LogP contribution in [0.25, 0.3) is 0 Å². The molecular weight excluding hydrogens is 270 g/mol. The highest BCUT2D eigenvalue weighted by Gasteiger charge is 2.24. The van der Waals surface area contributed by atoms with Crippen molar-refractivity contribution in [3.05, 3.63) is 41.6 Å². The number of ether oxygens (including phenoxy) is 2. The summed E-state index contributed by atoms with van der Waals surface area (Å²) in [5.74, 6) is 0.906. The second-order valence-electron chi connectivity index (χ2n) is 5.18. The number of anilines is 1. The van der Waals surface area contributed by atoms with Crippen LogP contribution in [0, 0.1) is 6.92 Å². The van der Waals surface area contributed by atoms with Crippen molar-refractivity contribution in [2.75, 3.05) is 12.3 Å². The zero-order valence-electron chi connectivity index (χ0n) is 11.8. The number of carbonyl (C=O) groups is 1. The summed E-state index contributed by atoms with van der Waals surface area (Å²) in [7, 11) is 0. The fraction of sp³-hybridized carbons (Fsp3) is 0.333. The maximum Gasteiger partial charge on any atom is 0.327 e. The molecular formula is C15H17N3O3. The number of benzene rings is 1. The first-order valence-electron chi connectivity index (χ1n) is 6.81. The van der Waals surface area contributed by atoms with Gasteiger partial charge in [-0.3, -0.25) is 9.48 Å². The average Bonchev–Trinajstić information content (AvgIpc) is 3.02. The predicted octanol–water partition coefficient (Wildman–Crippen LogP) is 1.32. The third-order valence-corrected chi connectivity index (χ3v) is 3.34. The number of aromatic nitrogens is 2. The topological polar surface area (TPSA) is 79.4 Å². The molecule has 0 fully saturated rings. The molecule has 1 aliphatic rings. The van der Waals surface area contributed by atoms with Crippen molar-refractivity contribution in [1.82, 2.24) is 9.78 Å². The minimum absolute atomic E-state index is 0.0516. The molecule has 0 radical (unpaired) electrons. The van der Waals surface area contributed by atoms with Crippen LogP contribution in [0.4, 0.5) is 5.82 Å². The molecule has 2 N–H and O–H groups in total. The van der Waals surface area contributed by atoms with Crippen molar-refractivity contribution in [2.45, 2.75) is 26.0 Å². The Balaban J connectivity index is 1.49. The number of rotatable bonds is 4. The van der Waals surface area contributed by atoms with E-state index in [4.69, 9.17) is 15.2 Å². The van der Waals surface area contributed by atoms with Crippen LogP contribution in [0.3, 0.4) is 0 Å². The molecule has 110 valence electrons. The summed E-state index contributed by atoms with van der Waals surface area (Å²) in [6.07, 6.45) is 2.29.